The van der Waals surface area contributed by atoms with Crippen molar-refractivity contribution in [1.82, 2.24) is 5.32 Å². The third kappa shape index (κ3) is 49.2. The Balaban J connectivity index is 3.87. The monoisotopic (exact) mass is 962 g/mol. The molecule has 0 aliphatic rings. The molecule has 4 N–H and O–H groups in total. The van der Waals surface area contributed by atoms with Crippen LogP contribution in [0.3, 0.4) is 0 Å². The molecule has 0 saturated carbocycles. The number of phosphoric acid groups is 1. The number of carboxylic acid groups (broad SMARTS) is 1. The van der Waals surface area contributed by atoms with Crippen molar-refractivity contribution in [2.24, 2.45) is 0 Å². The van der Waals surface area contributed by atoms with Crippen LogP contribution in [0.5, 0.6) is 0 Å². The minimum atomic E-state index is -4.78. The smallest absolute Gasteiger partial charge is 0.472 e. The standard InChI is InChI=1S/C55H96NO10P/c1-3-5-7-9-11-13-15-17-19-21-23-25-27-28-30-32-34-36-38-40-42-44-46-53(58)56-52(55(60)61)50-66-67(62,63)65-49-51(57)48-64-54(59)47-45-43-41-39-37-35-33-31-29-26-24-22-20-18-16-14-12-10-8-6-4-2/h6,8,12,14,18,20,24,26,31,33,37,39,51-52,57H,3-5,7,9-11,13,15-17,19,21-23,25,27-30,32,34-36,38,40-50H2,1-2H3,(H,56,58)(H,60,61)(H,62,63)/b8-6-,14-12-,20-18-,26-24-,33-31-,39-37-. The molecule has 0 saturated heterocycles. The van der Waals surface area contributed by atoms with E-state index < -0.39 is 57.6 Å². The highest BCUT2D eigenvalue weighted by molar-refractivity contribution is 7.47. The Labute approximate surface area is 408 Å². The molecule has 0 radical (unpaired) electrons. The van der Waals surface area contributed by atoms with E-state index in [0.717, 1.165) is 70.6 Å². The Kier molecular flexibility index (Phi) is 47.1. The van der Waals surface area contributed by atoms with E-state index in [-0.39, 0.29) is 12.8 Å². The predicted molar refractivity (Wildman–Crippen MR) is 277 cm³/mol. The first-order valence-corrected chi connectivity index (χ1v) is 28.0. The highest BCUT2D eigenvalue weighted by Crippen LogP contribution is 2.43. The molecule has 1 amide bonds. The van der Waals surface area contributed by atoms with Gasteiger partial charge in [0.15, 0.2) is 6.04 Å². The Morgan fingerprint density at radius 2 is 0.866 bits per heavy atom. The predicted octanol–water partition coefficient (Wildman–Crippen LogP) is 14.8. The topological polar surface area (TPSA) is 169 Å². The largest absolute Gasteiger partial charge is 0.480 e. The fourth-order valence-electron chi connectivity index (χ4n) is 7.20. The van der Waals surface area contributed by atoms with Crippen LogP contribution in [0, 0.1) is 0 Å². The summed E-state index contributed by atoms with van der Waals surface area (Å²) in [4.78, 5) is 46.2. The molecule has 0 rings (SSSR count). The quantitative estimate of drug-likeness (QED) is 0.0199. The Bertz CT molecular complexity index is 1410. The first kappa shape index (κ1) is 63.9. The number of allylic oxidation sites excluding steroid dienone is 12. The van der Waals surface area contributed by atoms with Crippen LogP contribution in [0.25, 0.3) is 0 Å². The summed E-state index contributed by atoms with van der Waals surface area (Å²) in [6.45, 7) is 2.47. The third-order valence-electron chi connectivity index (χ3n) is 11.3. The number of phosphoric ester groups is 1. The van der Waals surface area contributed by atoms with Crippen molar-refractivity contribution in [3.05, 3.63) is 72.9 Å². The number of aliphatic hydroxyl groups is 1. The van der Waals surface area contributed by atoms with Gasteiger partial charge < -0.3 is 25.2 Å². The maximum Gasteiger partial charge on any atom is 0.472 e. The van der Waals surface area contributed by atoms with Gasteiger partial charge in [0.1, 0.15) is 12.7 Å². The number of carboxylic acids is 1. The van der Waals surface area contributed by atoms with Crippen LogP contribution in [0.2, 0.25) is 0 Å². The number of carbonyl (C=O) groups excluding carboxylic acids is 2. The van der Waals surface area contributed by atoms with Crippen LogP contribution in [0.15, 0.2) is 72.9 Å². The molecule has 0 aromatic carbocycles. The zero-order valence-corrected chi connectivity index (χ0v) is 43.1. The zero-order valence-electron chi connectivity index (χ0n) is 42.2. The van der Waals surface area contributed by atoms with E-state index in [1.165, 1.54) is 116 Å². The third-order valence-corrected chi connectivity index (χ3v) is 12.2. The second-order valence-corrected chi connectivity index (χ2v) is 19.1. The number of unbranched alkanes of at least 4 members (excludes halogenated alkanes) is 23. The Morgan fingerprint density at radius 1 is 0.493 bits per heavy atom. The molecule has 67 heavy (non-hydrogen) atoms. The van der Waals surface area contributed by atoms with Crippen molar-refractivity contribution in [2.45, 2.75) is 238 Å². The molecular weight excluding hydrogens is 866 g/mol. The van der Waals surface area contributed by atoms with Crippen molar-refractivity contribution in [3.63, 3.8) is 0 Å². The number of hydrogen-bond donors (Lipinski definition) is 4. The number of ether oxygens (including phenoxy) is 1. The van der Waals surface area contributed by atoms with Crippen molar-refractivity contribution in [3.8, 4) is 0 Å². The highest BCUT2D eigenvalue weighted by Gasteiger charge is 2.28. The molecule has 12 heteroatoms. The lowest BCUT2D eigenvalue weighted by atomic mass is 10.0. The maximum absolute atomic E-state index is 12.4. The molecule has 0 fully saturated rings. The van der Waals surface area contributed by atoms with Crippen LogP contribution in [-0.4, -0.2) is 64.9 Å². The highest BCUT2D eigenvalue weighted by atomic mass is 31.2. The second-order valence-electron chi connectivity index (χ2n) is 17.7. The van der Waals surface area contributed by atoms with Gasteiger partial charge in [0.25, 0.3) is 0 Å². The van der Waals surface area contributed by atoms with E-state index in [9.17, 15) is 34.1 Å². The molecule has 0 aliphatic carbocycles. The molecule has 0 aromatic heterocycles. The molecule has 3 unspecified atom stereocenters. The van der Waals surface area contributed by atoms with E-state index in [2.05, 4.69) is 92.1 Å². The van der Waals surface area contributed by atoms with Crippen molar-refractivity contribution in [2.75, 3.05) is 19.8 Å². The van der Waals surface area contributed by atoms with Gasteiger partial charge in [-0.2, -0.15) is 0 Å². The molecule has 3 atom stereocenters. The number of amides is 1. The van der Waals surface area contributed by atoms with Gasteiger partial charge in [-0.1, -0.05) is 222 Å². The lowest BCUT2D eigenvalue weighted by molar-refractivity contribution is -0.147. The number of nitrogens with one attached hydrogen (secondary N) is 1. The Hall–Kier alpha value is -3.08. The summed E-state index contributed by atoms with van der Waals surface area (Å²) in [5.41, 5.74) is 0. The minimum absolute atomic E-state index is 0.143. The lowest BCUT2D eigenvalue weighted by Gasteiger charge is -2.18. The average molecular weight is 962 g/mol. The fraction of sp³-hybridized carbons (Fsp3) is 0.727. The first-order chi connectivity index (χ1) is 32.6. The van der Waals surface area contributed by atoms with Crippen LogP contribution in [0.1, 0.15) is 226 Å². The van der Waals surface area contributed by atoms with E-state index in [1.54, 1.807) is 0 Å². The Morgan fingerprint density at radius 3 is 1.28 bits per heavy atom. The summed E-state index contributed by atoms with van der Waals surface area (Å²) in [5.74, 6) is -2.42. The summed E-state index contributed by atoms with van der Waals surface area (Å²) in [7, 11) is -4.78. The minimum Gasteiger partial charge on any atom is -0.480 e. The van der Waals surface area contributed by atoms with Crippen molar-refractivity contribution < 1.29 is 47.8 Å². The molecule has 0 bridgehead atoms. The van der Waals surface area contributed by atoms with Crippen molar-refractivity contribution in [1.29, 1.82) is 0 Å². The summed E-state index contributed by atoms with van der Waals surface area (Å²) in [5, 5.41) is 21.9. The molecule has 11 nitrogen and oxygen atoms in total. The van der Waals surface area contributed by atoms with Gasteiger partial charge in [0.05, 0.1) is 13.2 Å². The van der Waals surface area contributed by atoms with E-state index in [4.69, 9.17) is 13.8 Å². The maximum atomic E-state index is 12.4. The average Bonchev–Trinajstić information content (AvgIpc) is 3.31. The van der Waals surface area contributed by atoms with Gasteiger partial charge in [-0.3, -0.25) is 18.6 Å². The molecule has 0 aromatic rings. The molecule has 0 aliphatic heterocycles. The summed E-state index contributed by atoms with van der Waals surface area (Å²) in [6, 6.07) is -1.55. The number of aliphatic hydroxyl groups excluding tert-OH is 1. The van der Waals surface area contributed by atoms with Crippen LogP contribution in [-0.2, 0) is 32.7 Å². The normalized spacial score (nSPS) is 14.1. The van der Waals surface area contributed by atoms with Gasteiger partial charge in [-0.25, -0.2) is 9.36 Å². The zero-order chi connectivity index (χ0) is 49.2. The van der Waals surface area contributed by atoms with Crippen LogP contribution >= 0.6 is 7.82 Å². The van der Waals surface area contributed by atoms with Gasteiger partial charge in [-0.05, 0) is 64.2 Å². The number of aliphatic carboxylic acids is 1. The van der Waals surface area contributed by atoms with Gasteiger partial charge in [0, 0.05) is 12.8 Å². The number of esters is 1. The summed E-state index contributed by atoms with van der Waals surface area (Å²) in [6.07, 6.45) is 60.7. The van der Waals surface area contributed by atoms with Crippen molar-refractivity contribution >= 4 is 25.7 Å². The van der Waals surface area contributed by atoms with Crippen LogP contribution in [0.4, 0.5) is 0 Å². The molecule has 0 spiro atoms. The van der Waals surface area contributed by atoms with E-state index in [1.807, 2.05) is 0 Å². The number of rotatable bonds is 49. The summed E-state index contributed by atoms with van der Waals surface area (Å²) < 4.78 is 26.9. The summed E-state index contributed by atoms with van der Waals surface area (Å²) >= 11 is 0. The fourth-order valence-corrected chi connectivity index (χ4v) is 7.97. The van der Waals surface area contributed by atoms with E-state index in [0.29, 0.717) is 12.8 Å². The SMILES string of the molecule is CC/C=C\C/C=C\C/C=C\C/C=C\C/C=C\C/C=C\CCCCC(=O)OCC(O)COP(=O)(O)OCC(NC(=O)CCCCCCCCCCCCCCCCCCCCCCCC)C(=O)O. The van der Waals surface area contributed by atoms with Gasteiger partial charge in [0.2, 0.25) is 5.91 Å². The van der Waals surface area contributed by atoms with Gasteiger partial charge in [-0.15, -0.1) is 0 Å². The molecular formula is C55H96NO10P. The molecule has 386 valence electrons. The first-order valence-electron chi connectivity index (χ1n) is 26.5. The second kappa shape index (κ2) is 49.3. The number of carbonyl (C=O) groups is 3. The van der Waals surface area contributed by atoms with E-state index >= 15 is 0 Å². The molecule has 0 heterocycles. The lowest BCUT2D eigenvalue weighted by Crippen LogP contribution is -2.43. The van der Waals surface area contributed by atoms with Gasteiger partial charge >= 0.3 is 19.8 Å². The van der Waals surface area contributed by atoms with Crippen LogP contribution < -0.4 is 5.32 Å². The number of hydrogen-bond acceptors (Lipinski definition) is 8.